The molecule has 0 aliphatic rings. The summed E-state index contributed by atoms with van der Waals surface area (Å²) in [4.78, 5) is 9.90. The van der Waals surface area contributed by atoms with Crippen molar-refractivity contribution in [3.05, 3.63) is 0 Å². The number of hydrogen-bond acceptors (Lipinski definition) is 6. The molecule has 0 aliphatic carbocycles. The van der Waals surface area contributed by atoms with Crippen LogP contribution >= 0.6 is 0 Å². The van der Waals surface area contributed by atoms with E-state index in [1.807, 2.05) is 0 Å². The fourth-order valence-electron chi connectivity index (χ4n) is 0.618. The fourth-order valence-corrected chi connectivity index (χ4v) is 0.618. The van der Waals surface area contributed by atoms with E-state index < -0.39 is 31.0 Å². The van der Waals surface area contributed by atoms with Crippen molar-refractivity contribution in [2.75, 3.05) is 6.61 Å². The van der Waals surface area contributed by atoms with Crippen LogP contribution < -0.4 is 0 Å². The Balaban J connectivity index is 0. The normalized spacial score (nSPS) is 18.1. The Morgan fingerprint density at radius 3 is 1.80 bits per heavy atom. The van der Waals surface area contributed by atoms with E-state index in [1.54, 1.807) is 0 Å². The first-order valence-electron chi connectivity index (χ1n) is 4.14. The molecule has 0 heterocycles. The molecule has 92 valence electrons. The predicted octanol–water partition coefficient (Wildman–Crippen LogP) is -2.59. The first-order chi connectivity index (χ1) is 6.95. The molecule has 0 amide bonds. The Morgan fingerprint density at radius 2 is 1.53 bits per heavy atom. The van der Waals surface area contributed by atoms with Gasteiger partial charge in [-0.05, 0) is 0 Å². The van der Waals surface area contributed by atoms with Crippen LogP contribution in [0.4, 0.5) is 0 Å². The molecule has 0 radical (unpaired) electrons. The molecule has 0 bridgehead atoms. The van der Waals surface area contributed by atoms with Gasteiger partial charge in [0.25, 0.3) is 0 Å². The van der Waals surface area contributed by atoms with Gasteiger partial charge >= 0.3 is 26.6 Å². The summed E-state index contributed by atoms with van der Waals surface area (Å²) in [7, 11) is 0. The van der Waals surface area contributed by atoms with E-state index in [4.69, 9.17) is 25.5 Å². The molecule has 5 N–H and O–H groups in total. The van der Waals surface area contributed by atoms with Crippen LogP contribution in [0.15, 0.2) is 0 Å². The Morgan fingerprint density at radius 1 is 1.13 bits per heavy atom. The van der Waals surface area contributed by atoms with Gasteiger partial charge in [-0.2, -0.15) is 0 Å². The van der Waals surface area contributed by atoms with Gasteiger partial charge in [-0.1, -0.05) is 0 Å². The fraction of sp³-hybridized carbons (Fsp3) is 0.875. The minimum atomic E-state index is -1.79. The molecule has 7 heteroatoms. The Labute approximate surface area is 94.7 Å². The van der Waals surface area contributed by atoms with Crippen LogP contribution in [0.3, 0.4) is 0 Å². The van der Waals surface area contributed by atoms with Gasteiger partial charge in [0.05, 0.1) is 6.61 Å². The zero-order valence-electron chi connectivity index (χ0n) is 8.65. The predicted molar refractivity (Wildman–Crippen MR) is 54.7 cm³/mol. The zero-order chi connectivity index (χ0) is 12.4. The van der Waals surface area contributed by atoms with Gasteiger partial charge in [-0.25, -0.2) is 0 Å². The van der Waals surface area contributed by atoms with Gasteiger partial charge in [0.2, 0.25) is 0 Å². The summed E-state index contributed by atoms with van der Waals surface area (Å²) in [5.41, 5.74) is 0. The van der Waals surface area contributed by atoms with E-state index in [0.717, 1.165) is 15.0 Å². The molecule has 0 aromatic heterocycles. The minimum Gasteiger partial charge on any atom is -0.394 e. The first-order valence-corrected chi connectivity index (χ1v) is 7.57. The summed E-state index contributed by atoms with van der Waals surface area (Å²) in [6, 6.07) is 0. The van der Waals surface area contributed by atoms with Crippen molar-refractivity contribution in [2.24, 2.45) is 0 Å². The Kier molecular flexibility index (Phi) is 12.2. The average molecular weight is 289 g/mol. The summed E-state index contributed by atoms with van der Waals surface area (Å²) in [5.74, 6) is 4.38. The van der Waals surface area contributed by atoms with Crippen LogP contribution in [0.1, 0.15) is 0 Å². The topological polar surface area (TPSA) is 118 Å². The van der Waals surface area contributed by atoms with Crippen LogP contribution in [0, 0.1) is 0 Å². The number of hydrogen-bond donors (Lipinski definition) is 5. The summed E-state index contributed by atoms with van der Waals surface area (Å²) < 4.78 is 0. The maximum atomic E-state index is 9.90. The van der Waals surface area contributed by atoms with Crippen molar-refractivity contribution < 1.29 is 30.3 Å². The van der Waals surface area contributed by atoms with Crippen LogP contribution in [0.2, 0.25) is 11.6 Å². The second-order valence-electron chi connectivity index (χ2n) is 2.77. The second kappa shape index (κ2) is 10.5. The molecular weight excluding hydrogens is 271 g/mol. The van der Waals surface area contributed by atoms with Crippen LogP contribution in [-0.2, 0) is 4.79 Å². The third-order valence-electron chi connectivity index (χ3n) is 1.42. The van der Waals surface area contributed by atoms with E-state index in [9.17, 15) is 4.79 Å². The van der Waals surface area contributed by atoms with Crippen LogP contribution in [0.25, 0.3) is 0 Å². The van der Waals surface area contributed by atoms with Crippen LogP contribution in [-0.4, -0.2) is 77.8 Å². The third-order valence-corrected chi connectivity index (χ3v) is 1.42. The minimum absolute atomic E-state index is 0.0258. The van der Waals surface area contributed by atoms with Crippen molar-refractivity contribution in [3.8, 4) is 0 Å². The third kappa shape index (κ3) is 7.87. The van der Waals surface area contributed by atoms with E-state index in [1.165, 1.54) is 0 Å². The number of aliphatic hydroxyl groups is 5. The number of aliphatic hydroxyl groups excluding tert-OH is 5. The monoisotopic (exact) mass is 290 g/mol. The van der Waals surface area contributed by atoms with Gasteiger partial charge in [0.1, 0.15) is 24.4 Å². The molecule has 0 saturated carbocycles. The molecule has 0 aliphatic heterocycles. The first kappa shape index (κ1) is 17.4. The molecule has 0 rings (SSSR count). The molecule has 6 nitrogen and oxygen atoms in total. The number of aldehydes is 1. The molecule has 0 aromatic rings. The van der Waals surface area contributed by atoms with Crippen molar-refractivity contribution >= 4 is 21.2 Å². The van der Waals surface area contributed by atoms with Crippen molar-refractivity contribution in [2.45, 2.75) is 36.1 Å². The van der Waals surface area contributed by atoms with Gasteiger partial charge in [0, 0.05) is 0 Å². The molecular formula is C8H18O6Se. The average Bonchev–Trinajstić information content (AvgIpc) is 2.25. The molecule has 0 fully saturated rings. The summed E-state index contributed by atoms with van der Waals surface area (Å²) in [5, 5.41) is 43.5. The molecule has 15 heavy (non-hydrogen) atoms. The maximum absolute atomic E-state index is 9.90. The van der Waals surface area contributed by atoms with Crippen LogP contribution in [0.5, 0.6) is 0 Å². The Hall–Kier alpha value is -0.0105. The van der Waals surface area contributed by atoms with Gasteiger partial charge < -0.3 is 30.3 Å². The molecule has 0 spiro atoms. The van der Waals surface area contributed by atoms with Gasteiger partial charge in [-0.3, -0.25) is 0 Å². The van der Waals surface area contributed by atoms with E-state index in [0.29, 0.717) is 0 Å². The molecule has 4 atom stereocenters. The SMILES string of the molecule is C[Se]C.O=CC(O)C(O)C(O)C(O)CO. The van der Waals surface area contributed by atoms with Gasteiger partial charge in [-0.15, -0.1) is 0 Å². The smallest absolute Gasteiger partial charge is 0.151 e. The molecule has 4 unspecified atom stereocenters. The van der Waals surface area contributed by atoms with E-state index >= 15 is 0 Å². The quantitative estimate of drug-likeness (QED) is 0.280. The summed E-state index contributed by atoms with van der Waals surface area (Å²) >= 11 is 0.875. The maximum Gasteiger partial charge on any atom is 0.151 e. The summed E-state index contributed by atoms with van der Waals surface area (Å²) in [6.07, 6.45) is -6.84. The van der Waals surface area contributed by atoms with E-state index in [2.05, 4.69) is 11.6 Å². The standard InChI is InChI=1S/C6H12O6.C2H6Se/c7-1-3(9)5(11)6(12)4(10)2-8;1-3-2/h1,3-6,8-12H,2H2;1-2H3. The molecule has 0 aromatic carbocycles. The molecule has 0 saturated heterocycles. The van der Waals surface area contributed by atoms with Crippen molar-refractivity contribution in [1.82, 2.24) is 0 Å². The van der Waals surface area contributed by atoms with Gasteiger partial charge in [0.15, 0.2) is 6.29 Å². The second-order valence-corrected chi connectivity index (χ2v) is 4.48. The van der Waals surface area contributed by atoms with Crippen molar-refractivity contribution in [3.63, 3.8) is 0 Å². The number of carbonyl (C=O) groups excluding carboxylic acids is 1. The summed E-state index contributed by atoms with van der Waals surface area (Å²) in [6.45, 7) is -0.760. The zero-order valence-corrected chi connectivity index (χ0v) is 10.4. The van der Waals surface area contributed by atoms with E-state index in [-0.39, 0.29) is 6.29 Å². The number of rotatable bonds is 5. The largest absolute Gasteiger partial charge is 0.394 e. The van der Waals surface area contributed by atoms with Crippen molar-refractivity contribution in [1.29, 1.82) is 0 Å². The number of carbonyl (C=O) groups is 1. The Bertz CT molecular complexity index is 156.